The molecule has 11 heavy (non-hydrogen) atoms. The number of Topliss-reactive ketones (excluding diaryl/α,β-unsaturated/α-hetero) is 1. The summed E-state index contributed by atoms with van der Waals surface area (Å²) in [5.74, 6) is 0.160. The van der Waals surface area contributed by atoms with E-state index in [2.05, 4.69) is 11.7 Å². The lowest BCUT2D eigenvalue weighted by Gasteiger charge is -1.83. The normalized spacial score (nSPS) is 9.64. The van der Waals surface area contributed by atoms with Crippen LogP contribution in [0.1, 0.15) is 30.1 Å². The van der Waals surface area contributed by atoms with Gasteiger partial charge in [0, 0.05) is 13.0 Å². The zero-order valence-electron chi connectivity index (χ0n) is 6.55. The van der Waals surface area contributed by atoms with Gasteiger partial charge in [-0.2, -0.15) is 0 Å². The second kappa shape index (κ2) is 2.70. The summed E-state index contributed by atoms with van der Waals surface area (Å²) in [7, 11) is 0. The molecule has 0 bridgehead atoms. The second-order valence-electron chi connectivity index (χ2n) is 2.41. The van der Waals surface area contributed by atoms with Crippen LogP contribution in [0.2, 0.25) is 0 Å². The van der Waals surface area contributed by atoms with Gasteiger partial charge in [-0.3, -0.25) is 4.79 Å². The van der Waals surface area contributed by atoms with Gasteiger partial charge in [-0.15, -0.1) is 0 Å². The largest absolute Gasteiger partial charge is 0.353 e. The Balaban J connectivity index is 2.99. The Morgan fingerprint density at radius 1 is 1.64 bits per heavy atom. The first kappa shape index (κ1) is 7.72. The predicted molar refractivity (Wildman–Crippen MR) is 41.2 cm³/mol. The molecule has 1 rings (SSSR count). The highest BCUT2D eigenvalue weighted by Gasteiger charge is 2.07. The summed E-state index contributed by atoms with van der Waals surface area (Å²) < 4.78 is 4.73. The van der Waals surface area contributed by atoms with Crippen LogP contribution in [-0.2, 0) is 0 Å². The Morgan fingerprint density at radius 3 is 2.55 bits per heavy atom. The lowest BCUT2D eigenvalue weighted by Crippen LogP contribution is -1.86. The molecule has 58 valence electrons. The molecule has 0 aliphatic rings. The van der Waals surface area contributed by atoms with E-state index >= 15 is 0 Å². The maximum absolute atomic E-state index is 10.7. The van der Waals surface area contributed by atoms with E-state index in [-0.39, 0.29) is 11.5 Å². The van der Waals surface area contributed by atoms with Crippen molar-refractivity contribution < 1.29 is 9.32 Å². The van der Waals surface area contributed by atoms with Crippen molar-refractivity contribution in [2.75, 3.05) is 0 Å². The molecule has 0 N–H and O–H groups in total. The van der Waals surface area contributed by atoms with Crippen molar-refractivity contribution in [1.29, 1.82) is 0 Å². The van der Waals surface area contributed by atoms with Crippen molar-refractivity contribution in [3.8, 4) is 0 Å². The molecule has 0 saturated heterocycles. The second-order valence-corrected chi connectivity index (χ2v) is 2.41. The zero-order valence-corrected chi connectivity index (χ0v) is 6.55. The van der Waals surface area contributed by atoms with Gasteiger partial charge in [0.05, 0.1) is 0 Å². The lowest BCUT2D eigenvalue weighted by molar-refractivity contribution is 0.0978. The molecule has 1 heterocycles. The number of aromatic nitrogens is 1. The average molecular weight is 151 g/mol. The maximum Gasteiger partial charge on any atom is 0.202 e. The van der Waals surface area contributed by atoms with E-state index in [0.29, 0.717) is 5.69 Å². The van der Waals surface area contributed by atoms with Crippen LogP contribution in [0.3, 0.4) is 0 Å². The number of carbonyl (C=O) groups excluding carboxylic acids is 1. The summed E-state index contributed by atoms with van der Waals surface area (Å²) in [5.41, 5.74) is 1.43. The Kier molecular flexibility index (Phi) is 1.89. The van der Waals surface area contributed by atoms with Crippen LogP contribution in [0, 0.1) is 0 Å². The third-order valence-corrected chi connectivity index (χ3v) is 1.29. The van der Waals surface area contributed by atoms with Crippen LogP contribution in [0.15, 0.2) is 17.2 Å². The molecule has 1 aromatic heterocycles. The number of ketones is 1. The molecule has 0 atom stereocenters. The smallest absolute Gasteiger partial charge is 0.202 e. The third kappa shape index (κ3) is 1.55. The van der Waals surface area contributed by atoms with Crippen LogP contribution in [0.25, 0.3) is 5.57 Å². The van der Waals surface area contributed by atoms with Gasteiger partial charge in [0.2, 0.25) is 5.76 Å². The fourth-order valence-electron chi connectivity index (χ4n) is 0.642. The minimum Gasteiger partial charge on any atom is -0.353 e. The topological polar surface area (TPSA) is 43.1 Å². The monoisotopic (exact) mass is 151 g/mol. The SMILES string of the molecule is C=C(C)c1cc(C(C)=O)on1. The summed E-state index contributed by atoms with van der Waals surface area (Å²) in [6.07, 6.45) is 0. The Morgan fingerprint density at radius 2 is 2.27 bits per heavy atom. The molecule has 0 amide bonds. The summed E-state index contributed by atoms with van der Waals surface area (Å²) in [4.78, 5) is 10.7. The van der Waals surface area contributed by atoms with E-state index in [0.717, 1.165) is 5.57 Å². The summed E-state index contributed by atoms with van der Waals surface area (Å²) in [6.45, 7) is 6.90. The maximum atomic E-state index is 10.7. The van der Waals surface area contributed by atoms with Gasteiger partial charge in [-0.05, 0) is 12.5 Å². The lowest BCUT2D eigenvalue weighted by atomic mass is 10.2. The van der Waals surface area contributed by atoms with Gasteiger partial charge < -0.3 is 4.52 Å². The molecule has 0 spiro atoms. The minimum absolute atomic E-state index is 0.120. The number of rotatable bonds is 2. The first-order valence-electron chi connectivity index (χ1n) is 3.25. The number of hydrogen-bond donors (Lipinski definition) is 0. The first-order chi connectivity index (χ1) is 5.11. The van der Waals surface area contributed by atoms with Gasteiger partial charge >= 0.3 is 0 Å². The number of nitrogens with zero attached hydrogens (tertiary/aromatic N) is 1. The van der Waals surface area contributed by atoms with Crippen LogP contribution < -0.4 is 0 Å². The van der Waals surface area contributed by atoms with Crippen LogP contribution in [-0.4, -0.2) is 10.9 Å². The van der Waals surface area contributed by atoms with Gasteiger partial charge in [-0.25, -0.2) is 0 Å². The van der Waals surface area contributed by atoms with Crippen molar-refractivity contribution in [3.05, 3.63) is 24.1 Å². The van der Waals surface area contributed by atoms with E-state index < -0.39 is 0 Å². The fourth-order valence-corrected chi connectivity index (χ4v) is 0.642. The highest BCUT2D eigenvalue weighted by Crippen LogP contribution is 2.11. The van der Waals surface area contributed by atoms with E-state index in [1.165, 1.54) is 6.92 Å². The summed E-state index contributed by atoms with van der Waals surface area (Å²) in [6, 6.07) is 1.59. The van der Waals surface area contributed by atoms with Crippen molar-refractivity contribution in [2.45, 2.75) is 13.8 Å². The molecule has 0 unspecified atom stereocenters. The fraction of sp³-hybridized carbons (Fsp3) is 0.250. The highest BCUT2D eigenvalue weighted by atomic mass is 16.5. The molecular weight excluding hydrogens is 142 g/mol. The quantitative estimate of drug-likeness (QED) is 0.606. The molecule has 0 radical (unpaired) electrons. The van der Waals surface area contributed by atoms with Crippen LogP contribution in [0.5, 0.6) is 0 Å². The average Bonchev–Trinajstić information content (AvgIpc) is 2.33. The van der Waals surface area contributed by atoms with E-state index in [1.54, 1.807) is 6.07 Å². The molecule has 1 aromatic rings. The van der Waals surface area contributed by atoms with Gasteiger partial charge in [0.15, 0.2) is 5.78 Å². The summed E-state index contributed by atoms with van der Waals surface area (Å²) in [5, 5.41) is 3.64. The van der Waals surface area contributed by atoms with Gasteiger partial charge in [0.25, 0.3) is 0 Å². The Labute approximate surface area is 64.7 Å². The molecule has 0 aliphatic heterocycles. The molecular formula is C8H9NO2. The third-order valence-electron chi connectivity index (χ3n) is 1.29. The van der Waals surface area contributed by atoms with E-state index in [1.807, 2.05) is 6.92 Å². The number of allylic oxidation sites excluding steroid dienone is 1. The number of carbonyl (C=O) groups is 1. The highest BCUT2D eigenvalue weighted by molar-refractivity contribution is 5.91. The Hall–Kier alpha value is -1.38. The molecule has 3 heteroatoms. The molecule has 0 saturated carbocycles. The van der Waals surface area contributed by atoms with Crippen LogP contribution in [0.4, 0.5) is 0 Å². The first-order valence-corrected chi connectivity index (χ1v) is 3.25. The van der Waals surface area contributed by atoms with Gasteiger partial charge in [-0.1, -0.05) is 11.7 Å². The summed E-state index contributed by atoms with van der Waals surface area (Å²) >= 11 is 0. The molecule has 0 aromatic carbocycles. The number of hydrogen-bond acceptors (Lipinski definition) is 3. The standard InChI is InChI=1S/C8H9NO2/c1-5(2)7-4-8(6(3)10)11-9-7/h4H,1H2,2-3H3. The van der Waals surface area contributed by atoms with E-state index in [9.17, 15) is 4.79 Å². The van der Waals surface area contributed by atoms with E-state index in [4.69, 9.17) is 4.52 Å². The minimum atomic E-state index is -0.120. The Bertz CT molecular complexity index is 270. The van der Waals surface area contributed by atoms with Crippen molar-refractivity contribution in [1.82, 2.24) is 5.16 Å². The molecule has 0 fully saturated rings. The predicted octanol–water partition coefficient (Wildman–Crippen LogP) is 1.91. The molecule has 3 nitrogen and oxygen atoms in total. The van der Waals surface area contributed by atoms with Crippen LogP contribution >= 0.6 is 0 Å². The van der Waals surface area contributed by atoms with Crippen molar-refractivity contribution >= 4 is 11.4 Å². The van der Waals surface area contributed by atoms with Crippen molar-refractivity contribution in [2.24, 2.45) is 0 Å². The van der Waals surface area contributed by atoms with Gasteiger partial charge in [0.1, 0.15) is 5.69 Å². The molecule has 0 aliphatic carbocycles. The zero-order chi connectivity index (χ0) is 8.43. The van der Waals surface area contributed by atoms with Crippen molar-refractivity contribution in [3.63, 3.8) is 0 Å².